The number of aliphatic carboxylic acids is 1. The van der Waals surface area contributed by atoms with E-state index in [1.807, 2.05) is 36.4 Å². The summed E-state index contributed by atoms with van der Waals surface area (Å²) < 4.78 is 0. The molecular weight excluding hydrogens is 390 g/mol. The molecule has 2 N–H and O–H groups in total. The zero-order chi connectivity index (χ0) is 21.8. The number of para-hydroxylation sites is 1. The van der Waals surface area contributed by atoms with E-state index in [-0.39, 0.29) is 5.91 Å². The van der Waals surface area contributed by atoms with Gasteiger partial charge in [0.1, 0.15) is 0 Å². The first-order chi connectivity index (χ1) is 15.0. The van der Waals surface area contributed by atoms with Crippen LogP contribution in [0.4, 0.5) is 17.1 Å². The van der Waals surface area contributed by atoms with Gasteiger partial charge in [0.25, 0.3) is 0 Å². The van der Waals surface area contributed by atoms with Crippen LogP contribution in [0.25, 0.3) is 0 Å². The molecule has 31 heavy (non-hydrogen) atoms. The molecule has 2 aromatic rings. The number of nitrogens with zero attached hydrogens (tertiary/aromatic N) is 2. The second kappa shape index (κ2) is 9.25. The third kappa shape index (κ3) is 4.74. The molecule has 6 heteroatoms. The van der Waals surface area contributed by atoms with Crippen LogP contribution in [0, 0.1) is 18.8 Å². The summed E-state index contributed by atoms with van der Waals surface area (Å²) in [4.78, 5) is 28.9. The van der Waals surface area contributed by atoms with Crippen LogP contribution in [0.1, 0.15) is 18.4 Å². The first-order valence-corrected chi connectivity index (χ1v) is 10.9. The average Bonchev–Trinajstić information content (AvgIpc) is 2.80. The fraction of sp³-hybridized carbons (Fsp3) is 0.360. The lowest BCUT2D eigenvalue weighted by Crippen LogP contribution is -2.46. The number of carbonyl (C=O) groups is 2. The number of allylic oxidation sites excluding steroid dienone is 2. The van der Waals surface area contributed by atoms with Crippen molar-refractivity contribution in [3.8, 4) is 0 Å². The highest BCUT2D eigenvalue weighted by atomic mass is 16.4. The summed E-state index contributed by atoms with van der Waals surface area (Å²) in [6.45, 7) is 5.96. The van der Waals surface area contributed by atoms with Crippen LogP contribution in [-0.2, 0) is 9.59 Å². The maximum absolute atomic E-state index is 12.6. The zero-order valence-corrected chi connectivity index (χ0v) is 17.8. The molecule has 2 atom stereocenters. The van der Waals surface area contributed by atoms with Crippen LogP contribution in [0.15, 0.2) is 60.7 Å². The molecule has 4 rings (SSSR count). The van der Waals surface area contributed by atoms with E-state index in [1.165, 1.54) is 11.3 Å². The van der Waals surface area contributed by atoms with E-state index in [0.717, 1.165) is 31.9 Å². The van der Waals surface area contributed by atoms with Gasteiger partial charge in [-0.05, 0) is 55.7 Å². The number of hydrogen-bond donors (Lipinski definition) is 2. The van der Waals surface area contributed by atoms with Crippen molar-refractivity contribution in [3.63, 3.8) is 0 Å². The Morgan fingerprint density at radius 3 is 2.13 bits per heavy atom. The van der Waals surface area contributed by atoms with Gasteiger partial charge in [0.2, 0.25) is 5.91 Å². The van der Waals surface area contributed by atoms with Crippen LogP contribution in [0.5, 0.6) is 0 Å². The van der Waals surface area contributed by atoms with Crippen molar-refractivity contribution in [1.82, 2.24) is 0 Å². The fourth-order valence-electron chi connectivity index (χ4n) is 4.49. The highest BCUT2D eigenvalue weighted by Gasteiger charge is 2.34. The first-order valence-electron chi connectivity index (χ1n) is 10.9. The Labute approximate surface area is 183 Å². The molecule has 0 aromatic heterocycles. The van der Waals surface area contributed by atoms with Gasteiger partial charge in [0.15, 0.2) is 0 Å². The van der Waals surface area contributed by atoms with Gasteiger partial charge in [0, 0.05) is 43.2 Å². The fourth-order valence-corrected chi connectivity index (χ4v) is 4.49. The topological polar surface area (TPSA) is 72.9 Å². The number of carboxylic acid groups (broad SMARTS) is 1. The molecule has 0 spiro atoms. The zero-order valence-electron chi connectivity index (χ0n) is 17.8. The number of amides is 1. The van der Waals surface area contributed by atoms with E-state index in [4.69, 9.17) is 0 Å². The number of anilines is 3. The molecule has 1 heterocycles. The van der Waals surface area contributed by atoms with Crippen LogP contribution < -0.4 is 15.1 Å². The van der Waals surface area contributed by atoms with Crippen LogP contribution in [0.3, 0.4) is 0 Å². The van der Waals surface area contributed by atoms with E-state index < -0.39 is 17.8 Å². The number of hydrogen-bond acceptors (Lipinski definition) is 4. The van der Waals surface area contributed by atoms with E-state index >= 15 is 0 Å². The molecule has 1 amide bonds. The molecular formula is C25H29N3O3. The maximum Gasteiger partial charge on any atom is 0.307 e. The largest absolute Gasteiger partial charge is 0.481 e. The highest BCUT2D eigenvalue weighted by Crippen LogP contribution is 2.28. The standard InChI is InChI=1S/C25H29N3O3/c1-18-6-2-5-9-23(18)28-16-14-27(15-17-28)20-12-10-19(11-13-20)26-24(29)21-7-3-4-8-22(21)25(30)31/h2-6,9-13,21-22H,7-8,14-17H2,1H3,(H,26,29)(H,30,31)/t21-,22+/m1/s1. The number of rotatable bonds is 5. The van der Waals surface area contributed by atoms with Crippen molar-refractivity contribution >= 4 is 28.9 Å². The SMILES string of the molecule is Cc1ccccc1N1CCN(c2ccc(NC(=O)[C@@H]3CC=CC[C@@H]3C(=O)O)cc2)CC1. The summed E-state index contributed by atoms with van der Waals surface area (Å²) in [6, 6.07) is 16.3. The summed E-state index contributed by atoms with van der Waals surface area (Å²) in [5.74, 6) is -2.33. The number of benzene rings is 2. The molecule has 6 nitrogen and oxygen atoms in total. The van der Waals surface area contributed by atoms with Gasteiger partial charge in [-0.2, -0.15) is 0 Å². The Morgan fingerprint density at radius 2 is 1.48 bits per heavy atom. The number of aryl methyl sites for hydroxylation is 1. The lowest BCUT2D eigenvalue weighted by atomic mass is 9.82. The molecule has 162 valence electrons. The van der Waals surface area contributed by atoms with Gasteiger partial charge in [-0.25, -0.2) is 0 Å². The lowest BCUT2D eigenvalue weighted by molar-refractivity contribution is -0.146. The summed E-state index contributed by atoms with van der Waals surface area (Å²) in [5.41, 5.74) is 4.43. The lowest BCUT2D eigenvalue weighted by Gasteiger charge is -2.38. The normalized spacial score (nSPS) is 21.1. The Hall–Kier alpha value is -3.28. The van der Waals surface area contributed by atoms with Crippen molar-refractivity contribution in [2.45, 2.75) is 19.8 Å². The third-order valence-corrected chi connectivity index (χ3v) is 6.32. The number of nitrogens with one attached hydrogen (secondary N) is 1. The van der Waals surface area contributed by atoms with E-state index in [1.54, 1.807) is 0 Å². The van der Waals surface area contributed by atoms with Crippen molar-refractivity contribution in [1.29, 1.82) is 0 Å². The molecule has 1 aliphatic carbocycles. The summed E-state index contributed by atoms with van der Waals surface area (Å²) in [7, 11) is 0. The molecule has 0 radical (unpaired) electrons. The van der Waals surface area contributed by atoms with Crippen LogP contribution in [0.2, 0.25) is 0 Å². The predicted molar refractivity (Wildman–Crippen MR) is 124 cm³/mol. The van der Waals surface area contributed by atoms with Gasteiger partial charge in [-0.3, -0.25) is 9.59 Å². The maximum atomic E-state index is 12.6. The molecule has 1 fully saturated rings. The molecule has 0 unspecified atom stereocenters. The van der Waals surface area contributed by atoms with Gasteiger partial charge in [-0.15, -0.1) is 0 Å². The van der Waals surface area contributed by atoms with E-state index in [0.29, 0.717) is 18.5 Å². The Balaban J connectivity index is 1.34. The minimum absolute atomic E-state index is 0.226. The van der Waals surface area contributed by atoms with Crippen molar-refractivity contribution in [3.05, 3.63) is 66.2 Å². The van der Waals surface area contributed by atoms with Gasteiger partial charge in [0.05, 0.1) is 11.8 Å². The number of carbonyl (C=O) groups excluding carboxylic acids is 1. The third-order valence-electron chi connectivity index (χ3n) is 6.32. The molecule has 1 saturated heterocycles. The predicted octanol–water partition coefficient (Wildman–Crippen LogP) is 3.93. The molecule has 2 aromatic carbocycles. The molecule has 0 saturated carbocycles. The Kier molecular flexibility index (Phi) is 6.26. The number of carboxylic acids is 1. The van der Waals surface area contributed by atoms with Crippen molar-refractivity contribution < 1.29 is 14.7 Å². The highest BCUT2D eigenvalue weighted by molar-refractivity contribution is 5.95. The quantitative estimate of drug-likeness (QED) is 0.719. The van der Waals surface area contributed by atoms with Crippen molar-refractivity contribution in [2.24, 2.45) is 11.8 Å². The Morgan fingerprint density at radius 1 is 0.871 bits per heavy atom. The molecule has 0 bridgehead atoms. The van der Waals surface area contributed by atoms with Gasteiger partial charge in [-0.1, -0.05) is 30.4 Å². The minimum atomic E-state index is -0.912. The van der Waals surface area contributed by atoms with E-state index in [9.17, 15) is 14.7 Å². The molecule has 2 aliphatic rings. The average molecular weight is 420 g/mol. The van der Waals surface area contributed by atoms with E-state index in [2.05, 4.69) is 46.3 Å². The van der Waals surface area contributed by atoms with Gasteiger partial charge >= 0.3 is 5.97 Å². The summed E-state index contributed by atoms with van der Waals surface area (Å²) >= 11 is 0. The monoisotopic (exact) mass is 419 g/mol. The van der Waals surface area contributed by atoms with Crippen LogP contribution in [-0.4, -0.2) is 43.2 Å². The smallest absolute Gasteiger partial charge is 0.307 e. The second-order valence-corrected chi connectivity index (χ2v) is 8.29. The van der Waals surface area contributed by atoms with Crippen LogP contribution >= 0.6 is 0 Å². The molecule has 1 aliphatic heterocycles. The van der Waals surface area contributed by atoms with Gasteiger partial charge < -0.3 is 20.2 Å². The second-order valence-electron chi connectivity index (χ2n) is 8.29. The number of piperazine rings is 1. The van der Waals surface area contributed by atoms with Crippen molar-refractivity contribution in [2.75, 3.05) is 41.3 Å². The first kappa shape index (κ1) is 21.0. The Bertz CT molecular complexity index is 962. The summed E-state index contributed by atoms with van der Waals surface area (Å²) in [5, 5.41) is 12.3. The minimum Gasteiger partial charge on any atom is -0.481 e. The summed E-state index contributed by atoms with van der Waals surface area (Å²) in [6.07, 6.45) is 4.60.